The van der Waals surface area contributed by atoms with Gasteiger partial charge in [-0.05, 0) is 18.2 Å². The molecule has 1 unspecified atom stereocenters. The van der Waals surface area contributed by atoms with E-state index in [-0.39, 0.29) is 17.7 Å². The highest BCUT2D eigenvalue weighted by atomic mass is 19.1. The number of nitrogens with one attached hydrogen (secondary N) is 1. The van der Waals surface area contributed by atoms with Crippen LogP contribution < -0.4 is 10.1 Å². The summed E-state index contributed by atoms with van der Waals surface area (Å²) in [6.45, 7) is 0. The number of hydrogen-bond acceptors (Lipinski definition) is 3. The van der Waals surface area contributed by atoms with E-state index in [0.29, 0.717) is 0 Å². The number of carboxylic acids is 1. The molecule has 0 radical (unpaired) electrons. The van der Waals surface area contributed by atoms with Crippen molar-refractivity contribution in [1.29, 1.82) is 0 Å². The first-order valence-electron chi connectivity index (χ1n) is 5.30. The summed E-state index contributed by atoms with van der Waals surface area (Å²) < 4.78 is 18.1. The van der Waals surface area contributed by atoms with Gasteiger partial charge in [-0.1, -0.05) is 0 Å². The molecule has 0 fully saturated rings. The second kappa shape index (κ2) is 6.40. The third-order valence-electron chi connectivity index (χ3n) is 2.34. The number of ether oxygens (including phenoxy) is 1. The Balaban J connectivity index is 2.86. The molecular formula is C13H12FNO4. The van der Waals surface area contributed by atoms with E-state index in [4.69, 9.17) is 16.3 Å². The highest BCUT2D eigenvalue weighted by Crippen LogP contribution is 2.17. The molecule has 1 aromatic carbocycles. The number of amides is 1. The Bertz CT molecular complexity index is 536. The molecule has 5 nitrogen and oxygen atoms in total. The minimum Gasteiger partial charge on any atom is -0.494 e. The zero-order valence-corrected chi connectivity index (χ0v) is 10.1. The molecule has 0 aliphatic rings. The highest BCUT2D eigenvalue weighted by molar-refractivity contribution is 5.96. The number of rotatable bonds is 5. The molecule has 0 heterocycles. The van der Waals surface area contributed by atoms with Gasteiger partial charge in [-0.2, -0.15) is 0 Å². The molecule has 1 atom stereocenters. The third-order valence-corrected chi connectivity index (χ3v) is 2.34. The fraction of sp³-hybridized carbons (Fsp3) is 0.231. The number of carbonyl (C=O) groups excluding carboxylic acids is 1. The number of aliphatic carboxylic acids is 1. The predicted molar refractivity (Wildman–Crippen MR) is 65.3 cm³/mol. The lowest BCUT2D eigenvalue weighted by atomic mass is 10.1. The van der Waals surface area contributed by atoms with Crippen LogP contribution in [-0.4, -0.2) is 30.1 Å². The van der Waals surface area contributed by atoms with Gasteiger partial charge in [0.15, 0.2) is 11.6 Å². The van der Waals surface area contributed by atoms with Gasteiger partial charge in [0.25, 0.3) is 5.91 Å². The molecule has 1 rings (SSSR count). The smallest absolute Gasteiger partial charge is 0.327 e. The van der Waals surface area contributed by atoms with E-state index in [1.165, 1.54) is 19.2 Å². The van der Waals surface area contributed by atoms with Crippen LogP contribution in [0, 0.1) is 18.2 Å². The first-order chi connectivity index (χ1) is 8.99. The van der Waals surface area contributed by atoms with Gasteiger partial charge < -0.3 is 15.2 Å². The van der Waals surface area contributed by atoms with E-state index >= 15 is 0 Å². The maximum absolute atomic E-state index is 13.4. The molecule has 0 saturated carbocycles. The molecule has 0 aromatic heterocycles. The quantitative estimate of drug-likeness (QED) is 0.780. The van der Waals surface area contributed by atoms with E-state index in [9.17, 15) is 14.0 Å². The van der Waals surface area contributed by atoms with Crippen molar-refractivity contribution in [2.75, 3.05) is 7.11 Å². The van der Waals surface area contributed by atoms with E-state index in [2.05, 4.69) is 11.2 Å². The third kappa shape index (κ3) is 3.71. The summed E-state index contributed by atoms with van der Waals surface area (Å²) in [6.07, 6.45) is 4.85. The van der Waals surface area contributed by atoms with Gasteiger partial charge >= 0.3 is 5.97 Å². The number of terminal acetylenes is 1. The number of methoxy groups -OCH3 is 1. The largest absolute Gasteiger partial charge is 0.494 e. The Morgan fingerprint density at radius 3 is 2.74 bits per heavy atom. The lowest BCUT2D eigenvalue weighted by Gasteiger charge is -2.12. The second-order valence-electron chi connectivity index (χ2n) is 3.62. The summed E-state index contributed by atoms with van der Waals surface area (Å²) in [7, 11) is 1.30. The van der Waals surface area contributed by atoms with Crippen molar-refractivity contribution in [3.63, 3.8) is 0 Å². The van der Waals surface area contributed by atoms with Crippen LogP contribution >= 0.6 is 0 Å². The van der Waals surface area contributed by atoms with Gasteiger partial charge in [-0.15, -0.1) is 12.3 Å². The lowest BCUT2D eigenvalue weighted by Crippen LogP contribution is -2.40. The molecule has 2 N–H and O–H groups in total. The lowest BCUT2D eigenvalue weighted by molar-refractivity contribution is -0.139. The topological polar surface area (TPSA) is 75.6 Å². The van der Waals surface area contributed by atoms with Crippen molar-refractivity contribution < 1.29 is 23.8 Å². The summed E-state index contributed by atoms with van der Waals surface area (Å²) in [5.74, 6) is -0.536. The fourth-order valence-corrected chi connectivity index (χ4v) is 1.37. The summed E-state index contributed by atoms with van der Waals surface area (Å²) >= 11 is 0. The Labute approximate surface area is 109 Å². The average molecular weight is 265 g/mol. The highest BCUT2D eigenvalue weighted by Gasteiger charge is 2.20. The summed E-state index contributed by atoms with van der Waals surface area (Å²) in [6, 6.07) is 2.36. The molecule has 0 aliphatic heterocycles. The zero-order valence-electron chi connectivity index (χ0n) is 10.1. The van der Waals surface area contributed by atoms with Crippen molar-refractivity contribution in [1.82, 2.24) is 5.32 Å². The van der Waals surface area contributed by atoms with Crippen molar-refractivity contribution >= 4 is 11.9 Å². The minimum absolute atomic E-state index is 0.00467. The molecule has 0 spiro atoms. The number of halogens is 1. The van der Waals surface area contributed by atoms with Crippen molar-refractivity contribution in [2.45, 2.75) is 12.5 Å². The van der Waals surface area contributed by atoms with Crippen LogP contribution in [0.4, 0.5) is 4.39 Å². The van der Waals surface area contributed by atoms with E-state index < -0.39 is 23.7 Å². The van der Waals surface area contributed by atoms with Crippen LogP contribution in [0.5, 0.6) is 5.75 Å². The summed E-state index contributed by atoms with van der Waals surface area (Å²) in [5, 5.41) is 11.0. The molecule has 0 bridgehead atoms. The average Bonchev–Trinajstić information content (AvgIpc) is 2.37. The minimum atomic E-state index is -1.25. The van der Waals surface area contributed by atoms with Gasteiger partial charge in [0.1, 0.15) is 6.04 Å². The maximum atomic E-state index is 13.4. The molecule has 0 aliphatic carbocycles. The normalized spacial score (nSPS) is 11.2. The van der Waals surface area contributed by atoms with Crippen LogP contribution in [0.15, 0.2) is 18.2 Å². The van der Waals surface area contributed by atoms with E-state index in [1.54, 1.807) is 0 Å². The molecule has 1 amide bonds. The van der Waals surface area contributed by atoms with Gasteiger partial charge in [0, 0.05) is 12.0 Å². The first kappa shape index (κ1) is 14.5. The Morgan fingerprint density at radius 2 is 2.26 bits per heavy atom. The van der Waals surface area contributed by atoms with E-state index in [1.807, 2.05) is 0 Å². The van der Waals surface area contributed by atoms with Crippen LogP contribution in [0.3, 0.4) is 0 Å². The Kier molecular flexibility index (Phi) is 4.89. The van der Waals surface area contributed by atoms with Crippen molar-refractivity contribution in [3.8, 4) is 18.1 Å². The molecule has 0 saturated heterocycles. The Morgan fingerprint density at radius 1 is 1.58 bits per heavy atom. The molecular weight excluding hydrogens is 253 g/mol. The number of carboxylic acid groups (broad SMARTS) is 1. The van der Waals surface area contributed by atoms with Crippen LogP contribution in [0.25, 0.3) is 0 Å². The summed E-state index contributed by atoms with van der Waals surface area (Å²) in [4.78, 5) is 22.6. The number of hydrogen-bond donors (Lipinski definition) is 2. The second-order valence-corrected chi connectivity index (χ2v) is 3.62. The predicted octanol–water partition coefficient (Wildman–Crippen LogP) is 1.04. The molecule has 6 heteroatoms. The van der Waals surface area contributed by atoms with Crippen LogP contribution in [0.1, 0.15) is 16.8 Å². The standard InChI is InChI=1S/C13H12FNO4/c1-3-4-10(13(17)18)15-12(16)8-5-6-11(19-2)9(14)7-8/h1,5-7,10H,4H2,2H3,(H,15,16)(H,17,18). The van der Waals surface area contributed by atoms with Crippen molar-refractivity contribution in [3.05, 3.63) is 29.6 Å². The van der Waals surface area contributed by atoms with Gasteiger partial charge in [0.2, 0.25) is 0 Å². The fourth-order valence-electron chi connectivity index (χ4n) is 1.37. The summed E-state index contributed by atoms with van der Waals surface area (Å²) in [5.41, 5.74) is -0.0124. The maximum Gasteiger partial charge on any atom is 0.327 e. The monoisotopic (exact) mass is 265 g/mol. The van der Waals surface area contributed by atoms with Crippen molar-refractivity contribution in [2.24, 2.45) is 0 Å². The van der Waals surface area contributed by atoms with Gasteiger partial charge in [-0.3, -0.25) is 4.79 Å². The molecule has 100 valence electrons. The zero-order chi connectivity index (χ0) is 14.4. The van der Waals surface area contributed by atoms with Gasteiger partial charge in [-0.25, -0.2) is 9.18 Å². The number of carbonyl (C=O) groups is 2. The van der Waals surface area contributed by atoms with Crippen LogP contribution in [0.2, 0.25) is 0 Å². The number of benzene rings is 1. The first-order valence-corrected chi connectivity index (χ1v) is 5.30. The van der Waals surface area contributed by atoms with Crippen LogP contribution in [-0.2, 0) is 4.79 Å². The van der Waals surface area contributed by atoms with E-state index in [0.717, 1.165) is 6.07 Å². The molecule has 19 heavy (non-hydrogen) atoms. The molecule has 1 aromatic rings. The SMILES string of the molecule is C#CCC(NC(=O)c1ccc(OC)c(F)c1)C(=O)O. The van der Waals surface area contributed by atoms with Gasteiger partial charge in [0.05, 0.1) is 7.11 Å². The Hall–Kier alpha value is -2.55.